The second-order valence-electron chi connectivity index (χ2n) is 7.26. The van der Waals surface area contributed by atoms with Crippen molar-refractivity contribution in [2.24, 2.45) is 5.92 Å². The highest BCUT2D eigenvalue weighted by Gasteiger charge is 2.32. The van der Waals surface area contributed by atoms with Gasteiger partial charge in [0, 0.05) is 40.1 Å². The van der Waals surface area contributed by atoms with Gasteiger partial charge in [0.15, 0.2) is 0 Å². The van der Waals surface area contributed by atoms with E-state index in [1.165, 1.54) is 53.7 Å². The minimum atomic E-state index is 0.386. The standard InChI is InChI=1S/C21H25N3/c1-15-9-13-24(14-10-15)21(17-7-11-22-12-8-17)20-16(2)23-19-6-4-3-5-18(19)20/h3-8,11-12,15,21,23H,9-10,13-14H2,1-2H3/p+1/t21-/m0/s1. The lowest BCUT2D eigenvalue weighted by molar-refractivity contribution is -0.931. The van der Waals surface area contributed by atoms with E-state index in [1.807, 2.05) is 12.4 Å². The number of aromatic nitrogens is 2. The predicted molar refractivity (Wildman–Crippen MR) is 98.2 cm³/mol. The maximum Gasteiger partial charge on any atom is 0.141 e. The Labute approximate surface area is 143 Å². The topological polar surface area (TPSA) is 33.1 Å². The summed E-state index contributed by atoms with van der Waals surface area (Å²) in [6.07, 6.45) is 6.49. The summed E-state index contributed by atoms with van der Waals surface area (Å²) in [6, 6.07) is 13.5. The lowest BCUT2D eigenvalue weighted by atomic mass is 9.91. The molecular weight excluding hydrogens is 294 g/mol. The molecule has 0 bridgehead atoms. The highest BCUT2D eigenvalue weighted by atomic mass is 15.2. The van der Waals surface area contributed by atoms with Crippen LogP contribution in [0.25, 0.3) is 10.9 Å². The van der Waals surface area contributed by atoms with Crippen LogP contribution in [0.4, 0.5) is 0 Å². The molecule has 0 aliphatic carbocycles. The predicted octanol–water partition coefficient (Wildman–Crippen LogP) is 3.28. The number of nitrogens with one attached hydrogen (secondary N) is 2. The monoisotopic (exact) mass is 320 g/mol. The van der Waals surface area contributed by atoms with E-state index in [0.29, 0.717) is 6.04 Å². The van der Waals surface area contributed by atoms with Crippen LogP contribution in [0.3, 0.4) is 0 Å². The van der Waals surface area contributed by atoms with Crippen molar-refractivity contribution in [1.82, 2.24) is 9.97 Å². The summed E-state index contributed by atoms with van der Waals surface area (Å²) in [4.78, 5) is 9.52. The van der Waals surface area contributed by atoms with Gasteiger partial charge in [0.05, 0.1) is 13.1 Å². The van der Waals surface area contributed by atoms with Gasteiger partial charge in [0.2, 0.25) is 0 Å². The van der Waals surface area contributed by atoms with Crippen molar-refractivity contribution in [3.8, 4) is 0 Å². The molecule has 4 rings (SSSR count). The molecule has 2 N–H and O–H groups in total. The Bertz CT molecular complexity index is 813. The second kappa shape index (κ2) is 6.40. The molecule has 1 aromatic carbocycles. The van der Waals surface area contributed by atoms with E-state index in [1.54, 1.807) is 4.90 Å². The first-order valence-corrected chi connectivity index (χ1v) is 9.05. The van der Waals surface area contributed by atoms with Crippen molar-refractivity contribution < 1.29 is 4.90 Å². The smallest absolute Gasteiger partial charge is 0.141 e. The first-order chi connectivity index (χ1) is 11.7. The molecule has 1 atom stereocenters. The van der Waals surface area contributed by atoms with Gasteiger partial charge in [-0.25, -0.2) is 0 Å². The number of benzene rings is 1. The molecular formula is C21H26N3+. The molecule has 2 aromatic heterocycles. The summed E-state index contributed by atoms with van der Waals surface area (Å²) < 4.78 is 0. The number of H-pyrrole nitrogens is 1. The third kappa shape index (κ3) is 2.73. The molecule has 1 fully saturated rings. The van der Waals surface area contributed by atoms with E-state index in [4.69, 9.17) is 0 Å². The molecule has 3 heterocycles. The van der Waals surface area contributed by atoms with Crippen molar-refractivity contribution >= 4 is 10.9 Å². The van der Waals surface area contributed by atoms with Crippen molar-refractivity contribution in [3.63, 3.8) is 0 Å². The number of aryl methyl sites for hydroxylation is 1. The molecule has 124 valence electrons. The molecule has 0 amide bonds. The average molecular weight is 320 g/mol. The van der Waals surface area contributed by atoms with Crippen LogP contribution in [0.2, 0.25) is 0 Å². The van der Waals surface area contributed by atoms with Gasteiger partial charge >= 0.3 is 0 Å². The van der Waals surface area contributed by atoms with Gasteiger partial charge in [0.1, 0.15) is 6.04 Å². The number of likely N-dealkylation sites (tertiary alicyclic amines) is 1. The van der Waals surface area contributed by atoms with Crippen LogP contribution in [-0.4, -0.2) is 23.1 Å². The molecule has 3 heteroatoms. The van der Waals surface area contributed by atoms with E-state index in [-0.39, 0.29) is 0 Å². The van der Waals surface area contributed by atoms with Crippen LogP contribution < -0.4 is 4.90 Å². The quantitative estimate of drug-likeness (QED) is 0.763. The SMILES string of the molecule is Cc1[nH]c2ccccc2c1[C@H](c1ccncc1)[NH+]1CCC(C)CC1. The van der Waals surface area contributed by atoms with Crippen LogP contribution in [-0.2, 0) is 0 Å². The number of rotatable bonds is 3. The number of nitrogens with zero attached hydrogens (tertiary/aromatic N) is 1. The number of hydrogen-bond donors (Lipinski definition) is 2. The lowest BCUT2D eigenvalue weighted by Crippen LogP contribution is -3.13. The molecule has 1 aliphatic rings. The summed E-state index contributed by atoms with van der Waals surface area (Å²) in [5.74, 6) is 0.857. The Hall–Kier alpha value is -2.13. The maximum atomic E-state index is 4.23. The highest BCUT2D eigenvalue weighted by Crippen LogP contribution is 2.30. The maximum absolute atomic E-state index is 4.23. The molecule has 0 radical (unpaired) electrons. The van der Waals surface area contributed by atoms with E-state index < -0.39 is 0 Å². The number of fused-ring (bicyclic) bond motifs is 1. The summed E-state index contributed by atoms with van der Waals surface area (Å²) in [6.45, 7) is 7.09. The summed E-state index contributed by atoms with van der Waals surface area (Å²) in [5, 5.41) is 1.36. The van der Waals surface area contributed by atoms with Gasteiger partial charge in [-0.15, -0.1) is 0 Å². The number of hydrogen-bond acceptors (Lipinski definition) is 1. The van der Waals surface area contributed by atoms with E-state index >= 15 is 0 Å². The molecule has 1 aliphatic heterocycles. The Morgan fingerprint density at radius 3 is 2.54 bits per heavy atom. The van der Waals surface area contributed by atoms with E-state index in [2.05, 4.69) is 60.2 Å². The molecule has 0 saturated carbocycles. The summed E-state index contributed by atoms with van der Waals surface area (Å²) >= 11 is 0. The van der Waals surface area contributed by atoms with Crippen LogP contribution in [0.15, 0.2) is 48.8 Å². The zero-order chi connectivity index (χ0) is 16.5. The minimum Gasteiger partial charge on any atom is -0.358 e. The number of pyridine rings is 1. The fraction of sp³-hybridized carbons (Fsp3) is 0.381. The van der Waals surface area contributed by atoms with Crippen molar-refractivity contribution in [3.05, 3.63) is 65.6 Å². The van der Waals surface area contributed by atoms with Gasteiger partial charge in [-0.1, -0.05) is 25.1 Å². The third-order valence-corrected chi connectivity index (χ3v) is 5.60. The Kier molecular flexibility index (Phi) is 4.11. The largest absolute Gasteiger partial charge is 0.358 e. The van der Waals surface area contributed by atoms with Crippen LogP contribution in [0.5, 0.6) is 0 Å². The Morgan fingerprint density at radius 2 is 1.79 bits per heavy atom. The van der Waals surface area contributed by atoms with Crippen molar-refractivity contribution in [2.45, 2.75) is 32.7 Å². The zero-order valence-electron chi connectivity index (χ0n) is 14.5. The van der Waals surface area contributed by atoms with Crippen molar-refractivity contribution in [2.75, 3.05) is 13.1 Å². The van der Waals surface area contributed by atoms with Gasteiger partial charge in [-0.3, -0.25) is 4.98 Å². The number of aromatic amines is 1. The lowest BCUT2D eigenvalue weighted by Gasteiger charge is -2.34. The molecule has 3 aromatic rings. The fourth-order valence-corrected chi connectivity index (χ4v) is 4.25. The Morgan fingerprint density at radius 1 is 1.08 bits per heavy atom. The molecule has 1 saturated heterocycles. The van der Waals surface area contributed by atoms with Gasteiger partial charge in [-0.2, -0.15) is 0 Å². The van der Waals surface area contributed by atoms with Crippen molar-refractivity contribution in [1.29, 1.82) is 0 Å². The van der Waals surface area contributed by atoms with Gasteiger partial charge in [-0.05, 0) is 43.9 Å². The fourth-order valence-electron chi connectivity index (χ4n) is 4.25. The second-order valence-corrected chi connectivity index (χ2v) is 7.26. The third-order valence-electron chi connectivity index (χ3n) is 5.60. The molecule has 0 spiro atoms. The molecule has 0 unspecified atom stereocenters. The summed E-state index contributed by atoms with van der Waals surface area (Å²) in [7, 11) is 0. The average Bonchev–Trinajstić information content (AvgIpc) is 2.94. The van der Waals surface area contributed by atoms with Crippen LogP contribution in [0, 0.1) is 12.8 Å². The number of para-hydroxylation sites is 1. The van der Waals surface area contributed by atoms with E-state index in [0.717, 1.165) is 5.92 Å². The van der Waals surface area contributed by atoms with Crippen LogP contribution in [0.1, 0.15) is 42.6 Å². The highest BCUT2D eigenvalue weighted by molar-refractivity contribution is 5.85. The summed E-state index contributed by atoms with van der Waals surface area (Å²) in [5.41, 5.74) is 5.38. The number of piperidine rings is 1. The normalized spacial score (nSPS) is 22.6. The molecule has 24 heavy (non-hydrogen) atoms. The Balaban J connectivity index is 1.84. The number of quaternary nitrogens is 1. The van der Waals surface area contributed by atoms with Crippen LogP contribution >= 0.6 is 0 Å². The first kappa shape index (κ1) is 15.4. The molecule has 3 nitrogen and oxygen atoms in total. The van der Waals surface area contributed by atoms with Gasteiger partial charge < -0.3 is 9.88 Å². The van der Waals surface area contributed by atoms with Gasteiger partial charge in [0.25, 0.3) is 0 Å². The minimum absolute atomic E-state index is 0.386. The first-order valence-electron chi connectivity index (χ1n) is 9.05. The van der Waals surface area contributed by atoms with E-state index in [9.17, 15) is 0 Å². The zero-order valence-corrected chi connectivity index (χ0v) is 14.5.